The molecule has 0 N–H and O–H groups in total. The summed E-state index contributed by atoms with van der Waals surface area (Å²) < 4.78 is 7.93. The molecule has 0 aliphatic carbocycles. The maximum atomic E-state index is 11.1. The summed E-state index contributed by atoms with van der Waals surface area (Å²) in [5.74, 6) is 0. The fraction of sp³-hybridized carbons (Fsp3) is 0.556. The second-order valence-corrected chi connectivity index (χ2v) is 3.87. The van der Waals surface area contributed by atoms with Gasteiger partial charge in [0, 0.05) is 0 Å². The summed E-state index contributed by atoms with van der Waals surface area (Å²) in [6.07, 6.45) is 4.86. The first-order chi connectivity index (χ1) is 5.95. The maximum Gasteiger partial charge on any atom is 0.511 e. The van der Waals surface area contributed by atoms with Gasteiger partial charge in [0.1, 0.15) is 17.9 Å². The molecule has 0 radical (unpaired) electrons. The lowest BCUT2D eigenvalue weighted by atomic mass is 10.1. The van der Waals surface area contributed by atoms with E-state index in [-0.39, 0.29) is 11.6 Å². The molecule has 1 heterocycles. The number of nitrogens with zero attached hydrogens (tertiary/aromatic N) is 2. The summed E-state index contributed by atoms with van der Waals surface area (Å²) >= 11 is 0. The molecule has 4 nitrogen and oxygen atoms in total. The monoisotopic (exact) mass is 183 g/mol. The largest absolute Gasteiger partial charge is 0.511 e. The molecule has 0 unspecified atom stereocenters. The van der Waals surface area contributed by atoms with Crippen LogP contribution in [0.4, 0.5) is 4.79 Å². The summed E-state index contributed by atoms with van der Waals surface area (Å²) in [5, 5.41) is 0. The van der Waals surface area contributed by atoms with E-state index in [0.29, 0.717) is 0 Å². The van der Waals surface area contributed by atoms with Gasteiger partial charge in [-0.1, -0.05) is 0 Å². The maximum absolute atomic E-state index is 11.1. The second kappa shape index (κ2) is 3.20. The molecule has 1 aromatic heterocycles. The highest BCUT2D eigenvalue weighted by Crippen LogP contribution is 2.02. The smallest absolute Gasteiger partial charge is 0.434 e. The number of hydrogen-bond acceptors (Lipinski definition) is 2. The molecular weight excluding hydrogens is 168 g/mol. The fourth-order valence-electron chi connectivity index (χ4n) is 0.965. The Labute approximate surface area is 77.7 Å². The Morgan fingerprint density at radius 1 is 1.46 bits per heavy atom. The Balaban J connectivity index is 2.93. The van der Waals surface area contributed by atoms with Gasteiger partial charge in [-0.3, -0.25) is 0 Å². The van der Waals surface area contributed by atoms with E-state index in [9.17, 15) is 4.79 Å². The van der Waals surface area contributed by atoms with Crippen LogP contribution in [0.25, 0.3) is 0 Å². The quantitative estimate of drug-likeness (QED) is 0.565. The highest BCUT2D eigenvalue weighted by atomic mass is 16.5. The van der Waals surface area contributed by atoms with Gasteiger partial charge in [0.05, 0.1) is 7.11 Å². The minimum absolute atomic E-state index is 0.0146. The van der Waals surface area contributed by atoms with Crippen molar-refractivity contribution in [3.05, 3.63) is 18.7 Å². The number of methoxy groups -OCH3 is 1. The van der Waals surface area contributed by atoms with Crippen LogP contribution in [0.3, 0.4) is 0 Å². The molecule has 0 aliphatic rings. The van der Waals surface area contributed by atoms with Gasteiger partial charge in [-0.15, -0.1) is 4.57 Å². The minimum atomic E-state index is -0.372. The summed E-state index contributed by atoms with van der Waals surface area (Å²) in [7, 11) is 1.36. The molecule has 0 fully saturated rings. The molecule has 4 heteroatoms. The third-order valence-electron chi connectivity index (χ3n) is 1.80. The molecule has 0 saturated heterocycles. The third kappa shape index (κ3) is 2.08. The molecule has 1 aromatic rings. The highest BCUT2D eigenvalue weighted by molar-refractivity contribution is 5.69. The fourth-order valence-corrected chi connectivity index (χ4v) is 0.965. The normalized spacial score (nSPS) is 11.4. The van der Waals surface area contributed by atoms with Crippen molar-refractivity contribution < 1.29 is 14.1 Å². The summed E-state index contributed by atoms with van der Waals surface area (Å²) in [6, 6.07) is 0. The molecule has 0 aliphatic heterocycles. The van der Waals surface area contributed by atoms with Gasteiger partial charge in [0.15, 0.2) is 0 Å². The molecule has 0 saturated carbocycles. The third-order valence-corrected chi connectivity index (χ3v) is 1.80. The van der Waals surface area contributed by atoms with E-state index in [1.807, 2.05) is 10.8 Å². The van der Waals surface area contributed by atoms with Crippen LogP contribution in [-0.4, -0.2) is 17.8 Å². The first-order valence-electron chi connectivity index (χ1n) is 4.13. The number of ether oxygens (including phenoxy) is 1. The average Bonchev–Trinajstić information content (AvgIpc) is 2.50. The Hall–Kier alpha value is -1.32. The molecular formula is C9H15N2O2+. The molecule has 0 spiro atoms. The Bertz CT molecular complexity index is 310. The summed E-state index contributed by atoms with van der Waals surface area (Å²) in [4.78, 5) is 11.1. The number of carbonyl (C=O) groups is 1. The van der Waals surface area contributed by atoms with Crippen LogP contribution in [0.15, 0.2) is 18.7 Å². The van der Waals surface area contributed by atoms with Crippen molar-refractivity contribution in [1.29, 1.82) is 0 Å². The molecule has 13 heavy (non-hydrogen) atoms. The van der Waals surface area contributed by atoms with Gasteiger partial charge < -0.3 is 4.74 Å². The van der Waals surface area contributed by atoms with E-state index in [1.54, 1.807) is 12.5 Å². The zero-order valence-electron chi connectivity index (χ0n) is 8.44. The Kier molecular flexibility index (Phi) is 2.40. The first-order valence-corrected chi connectivity index (χ1v) is 4.13. The van der Waals surface area contributed by atoms with Crippen molar-refractivity contribution in [2.75, 3.05) is 7.11 Å². The molecule has 1 rings (SSSR count). The van der Waals surface area contributed by atoms with Crippen LogP contribution in [0.2, 0.25) is 0 Å². The van der Waals surface area contributed by atoms with Crippen LogP contribution in [0, 0.1) is 0 Å². The second-order valence-electron chi connectivity index (χ2n) is 3.87. The van der Waals surface area contributed by atoms with Crippen LogP contribution < -0.4 is 4.57 Å². The Morgan fingerprint density at radius 3 is 2.46 bits per heavy atom. The number of aromatic nitrogens is 2. The van der Waals surface area contributed by atoms with E-state index < -0.39 is 0 Å². The average molecular weight is 183 g/mol. The first kappa shape index (κ1) is 9.77. The van der Waals surface area contributed by atoms with Crippen LogP contribution >= 0.6 is 0 Å². The summed E-state index contributed by atoms with van der Waals surface area (Å²) in [6.45, 7) is 6.19. The van der Waals surface area contributed by atoms with Gasteiger partial charge in [-0.05, 0) is 20.8 Å². The van der Waals surface area contributed by atoms with E-state index in [1.165, 1.54) is 11.7 Å². The number of imidazole rings is 1. The van der Waals surface area contributed by atoms with Gasteiger partial charge >= 0.3 is 6.09 Å². The number of rotatable bonds is 0. The van der Waals surface area contributed by atoms with E-state index in [0.717, 1.165) is 0 Å². The summed E-state index contributed by atoms with van der Waals surface area (Å²) in [5.41, 5.74) is -0.0146. The van der Waals surface area contributed by atoms with Crippen LogP contribution in [0.1, 0.15) is 20.8 Å². The lowest BCUT2D eigenvalue weighted by Crippen LogP contribution is -2.48. The van der Waals surface area contributed by atoms with Crippen LogP contribution in [-0.2, 0) is 10.3 Å². The predicted octanol–water partition coefficient (Wildman–Crippen LogP) is 1.15. The van der Waals surface area contributed by atoms with Crippen molar-refractivity contribution in [2.24, 2.45) is 0 Å². The van der Waals surface area contributed by atoms with Crippen molar-refractivity contribution in [3.63, 3.8) is 0 Å². The highest BCUT2D eigenvalue weighted by Gasteiger charge is 2.21. The lowest BCUT2D eigenvalue weighted by Gasteiger charge is -2.13. The van der Waals surface area contributed by atoms with Crippen molar-refractivity contribution in [3.8, 4) is 0 Å². The van der Waals surface area contributed by atoms with Gasteiger partial charge in [-0.25, -0.2) is 4.57 Å². The van der Waals surface area contributed by atoms with E-state index in [2.05, 4.69) is 25.5 Å². The SMILES string of the molecule is COC(=O)n1cc[n+](C(C)(C)C)c1. The van der Waals surface area contributed by atoms with Gasteiger partial charge in [0.2, 0.25) is 0 Å². The Morgan fingerprint density at radius 2 is 2.08 bits per heavy atom. The lowest BCUT2D eigenvalue weighted by molar-refractivity contribution is -0.753. The number of hydrogen-bond donors (Lipinski definition) is 0. The number of carbonyl (C=O) groups excluding carboxylic acids is 1. The molecule has 0 atom stereocenters. The predicted molar refractivity (Wildman–Crippen MR) is 47.4 cm³/mol. The van der Waals surface area contributed by atoms with Crippen molar-refractivity contribution in [1.82, 2.24) is 4.57 Å². The van der Waals surface area contributed by atoms with Crippen molar-refractivity contribution in [2.45, 2.75) is 26.3 Å². The zero-order chi connectivity index (χ0) is 10.1. The minimum Gasteiger partial charge on any atom is -0.434 e. The zero-order valence-corrected chi connectivity index (χ0v) is 8.44. The van der Waals surface area contributed by atoms with Crippen LogP contribution in [0.5, 0.6) is 0 Å². The molecule has 0 aromatic carbocycles. The van der Waals surface area contributed by atoms with Gasteiger partial charge in [-0.2, -0.15) is 4.79 Å². The standard InChI is InChI=1S/C9H15N2O2/c1-9(2,3)11-6-5-10(7-11)8(12)13-4/h5-7H,1-4H3/q+1. The topological polar surface area (TPSA) is 35.1 Å². The van der Waals surface area contributed by atoms with E-state index >= 15 is 0 Å². The van der Waals surface area contributed by atoms with Gasteiger partial charge in [0.25, 0.3) is 6.33 Å². The molecule has 72 valence electrons. The van der Waals surface area contributed by atoms with E-state index in [4.69, 9.17) is 0 Å². The molecule has 0 bridgehead atoms. The van der Waals surface area contributed by atoms with Crippen molar-refractivity contribution >= 4 is 6.09 Å². The molecule has 0 amide bonds.